The van der Waals surface area contributed by atoms with Gasteiger partial charge in [0.15, 0.2) is 12.6 Å². The van der Waals surface area contributed by atoms with Gasteiger partial charge in [-0.05, 0) is 6.92 Å². The van der Waals surface area contributed by atoms with E-state index in [1.807, 2.05) is 11.5 Å². The van der Waals surface area contributed by atoms with E-state index in [9.17, 15) is 9.59 Å². The number of hydrogen-bond acceptors (Lipinski definition) is 6. The third kappa shape index (κ3) is 2.86. The summed E-state index contributed by atoms with van der Waals surface area (Å²) in [6.07, 6.45) is 1.75. The van der Waals surface area contributed by atoms with E-state index in [0.29, 0.717) is 57.3 Å². The Morgan fingerprint density at radius 1 is 0.913 bits per heavy atom. The molecule has 0 saturated carbocycles. The molecule has 126 valence electrons. The molecule has 0 spiro atoms. The molecule has 2 aliphatic heterocycles. The van der Waals surface area contributed by atoms with Gasteiger partial charge in [0.25, 0.3) is 0 Å². The molecule has 7 nitrogen and oxygen atoms in total. The average molecular weight is 321 g/mol. The zero-order valence-electron chi connectivity index (χ0n) is 13.5. The number of rotatable bonds is 5. The molecule has 1 aromatic heterocycles. The molecule has 3 rings (SSSR count). The number of carbonyl (C=O) groups excluding carboxylic acids is 2. The van der Waals surface area contributed by atoms with Gasteiger partial charge in [0.05, 0.1) is 37.7 Å². The minimum absolute atomic E-state index is 0.581. The van der Waals surface area contributed by atoms with Crippen LogP contribution in [0.1, 0.15) is 27.8 Å². The van der Waals surface area contributed by atoms with Gasteiger partial charge in [0, 0.05) is 32.7 Å². The van der Waals surface area contributed by atoms with E-state index >= 15 is 0 Å². The van der Waals surface area contributed by atoms with E-state index < -0.39 is 0 Å². The number of anilines is 2. The van der Waals surface area contributed by atoms with Crippen molar-refractivity contribution in [2.45, 2.75) is 13.5 Å². The summed E-state index contributed by atoms with van der Waals surface area (Å²) in [7, 11) is 0. The Kier molecular flexibility index (Phi) is 4.97. The van der Waals surface area contributed by atoms with Gasteiger partial charge in [-0.25, -0.2) is 0 Å². The normalized spacial score (nSPS) is 19.0. The Morgan fingerprint density at radius 2 is 1.48 bits per heavy atom. The summed E-state index contributed by atoms with van der Waals surface area (Å²) < 4.78 is 12.8. The van der Waals surface area contributed by atoms with E-state index in [0.717, 1.165) is 37.2 Å². The van der Waals surface area contributed by atoms with Crippen molar-refractivity contribution in [3.63, 3.8) is 0 Å². The number of aromatic nitrogens is 1. The van der Waals surface area contributed by atoms with E-state index in [1.165, 1.54) is 0 Å². The maximum Gasteiger partial charge on any atom is 0.168 e. The van der Waals surface area contributed by atoms with Crippen molar-refractivity contribution in [1.82, 2.24) is 4.57 Å². The molecule has 0 radical (unpaired) electrons. The molecule has 2 aliphatic rings. The van der Waals surface area contributed by atoms with E-state index in [-0.39, 0.29) is 0 Å². The van der Waals surface area contributed by atoms with Gasteiger partial charge in [0.2, 0.25) is 0 Å². The molecule has 7 heteroatoms. The maximum absolute atomic E-state index is 11.9. The van der Waals surface area contributed by atoms with Crippen LogP contribution in [0.25, 0.3) is 0 Å². The first-order chi connectivity index (χ1) is 11.3. The first-order valence-corrected chi connectivity index (χ1v) is 8.14. The van der Waals surface area contributed by atoms with Gasteiger partial charge in [-0.1, -0.05) is 0 Å². The molecule has 3 heterocycles. The number of nitrogens with zero attached hydrogens (tertiary/aromatic N) is 3. The average Bonchev–Trinajstić information content (AvgIpc) is 2.96. The minimum atomic E-state index is 0.581. The lowest BCUT2D eigenvalue weighted by atomic mass is 10.2. The summed E-state index contributed by atoms with van der Waals surface area (Å²) in [6.45, 7) is 7.97. The monoisotopic (exact) mass is 321 g/mol. The topological polar surface area (TPSA) is 64.0 Å². The molecule has 0 amide bonds. The van der Waals surface area contributed by atoms with Crippen LogP contribution in [-0.2, 0) is 16.0 Å². The van der Waals surface area contributed by atoms with Crippen LogP contribution in [0.2, 0.25) is 0 Å². The van der Waals surface area contributed by atoms with Crippen LogP contribution in [0.15, 0.2) is 0 Å². The fourth-order valence-electron chi connectivity index (χ4n) is 3.41. The highest BCUT2D eigenvalue weighted by Gasteiger charge is 2.30. The van der Waals surface area contributed by atoms with Crippen LogP contribution in [0.4, 0.5) is 11.5 Å². The largest absolute Gasteiger partial charge is 0.378 e. The van der Waals surface area contributed by atoms with E-state index in [4.69, 9.17) is 9.47 Å². The van der Waals surface area contributed by atoms with E-state index in [2.05, 4.69) is 9.80 Å². The maximum atomic E-state index is 11.9. The highest BCUT2D eigenvalue weighted by atomic mass is 16.5. The lowest BCUT2D eigenvalue weighted by molar-refractivity contribution is 0.111. The van der Waals surface area contributed by atoms with Gasteiger partial charge in [0.1, 0.15) is 11.5 Å². The van der Waals surface area contributed by atoms with Crippen molar-refractivity contribution in [2.75, 3.05) is 62.4 Å². The number of aldehydes is 2. The number of morpholine rings is 2. The quantitative estimate of drug-likeness (QED) is 0.748. The van der Waals surface area contributed by atoms with Crippen LogP contribution < -0.4 is 9.80 Å². The van der Waals surface area contributed by atoms with Crippen molar-refractivity contribution in [3.05, 3.63) is 11.3 Å². The smallest absolute Gasteiger partial charge is 0.168 e. The van der Waals surface area contributed by atoms with Gasteiger partial charge >= 0.3 is 0 Å². The highest BCUT2D eigenvalue weighted by Crippen LogP contribution is 2.36. The molecule has 0 atom stereocenters. The Labute approximate surface area is 135 Å². The summed E-state index contributed by atoms with van der Waals surface area (Å²) in [5.41, 5.74) is 1.94. The molecular formula is C16H23N3O4. The fraction of sp³-hybridized carbons (Fsp3) is 0.625. The lowest BCUT2D eigenvalue weighted by Gasteiger charge is -2.30. The van der Waals surface area contributed by atoms with Gasteiger partial charge in [-0.3, -0.25) is 9.59 Å². The van der Waals surface area contributed by atoms with Crippen LogP contribution in [0.3, 0.4) is 0 Å². The molecule has 0 N–H and O–H groups in total. The predicted molar refractivity (Wildman–Crippen MR) is 86.9 cm³/mol. The predicted octanol–water partition coefficient (Wildman–Crippen LogP) is 0.806. The van der Waals surface area contributed by atoms with Crippen molar-refractivity contribution >= 4 is 24.1 Å². The first-order valence-electron chi connectivity index (χ1n) is 8.14. The zero-order chi connectivity index (χ0) is 16.2. The molecule has 0 aliphatic carbocycles. The van der Waals surface area contributed by atoms with Crippen LogP contribution in [-0.4, -0.2) is 69.7 Å². The fourth-order valence-corrected chi connectivity index (χ4v) is 3.41. The SMILES string of the molecule is CCn1c(C=O)c(N2CCOCC2)c(C=O)c1N1CCOCC1. The molecule has 0 bridgehead atoms. The highest BCUT2D eigenvalue weighted by molar-refractivity contribution is 6.00. The standard InChI is InChI=1S/C16H23N3O4/c1-2-19-14(12-21)15(17-3-7-22-8-4-17)13(11-20)16(19)18-5-9-23-10-6-18/h11-12H,2-10H2,1H3. The molecule has 23 heavy (non-hydrogen) atoms. The molecular weight excluding hydrogens is 298 g/mol. The number of carbonyl (C=O) groups is 2. The Hall–Kier alpha value is -1.86. The van der Waals surface area contributed by atoms with Crippen LogP contribution in [0.5, 0.6) is 0 Å². The Morgan fingerprint density at radius 3 is 1.96 bits per heavy atom. The summed E-state index contributed by atoms with van der Waals surface area (Å²) in [5.74, 6) is 0.842. The van der Waals surface area contributed by atoms with Gasteiger partial charge in [-0.15, -0.1) is 0 Å². The zero-order valence-corrected chi connectivity index (χ0v) is 13.5. The Bertz CT molecular complexity index is 572. The third-order valence-electron chi connectivity index (χ3n) is 4.47. The summed E-state index contributed by atoms with van der Waals surface area (Å²) >= 11 is 0. The van der Waals surface area contributed by atoms with Crippen molar-refractivity contribution in [2.24, 2.45) is 0 Å². The van der Waals surface area contributed by atoms with E-state index in [1.54, 1.807) is 0 Å². The second-order valence-corrected chi connectivity index (χ2v) is 5.65. The lowest BCUT2D eigenvalue weighted by Crippen LogP contribution is -2.38. The van der Waals surface area contributed by atoms with Gasteiger partial charge < -0.3 is 23.8 Å². The second kappa shape index (κ2) is 7.14. The van der Waals surface area contributed by atoms with Crippen molar-refractivity contribution in [1.29, 1.82) is 0 Å². The van der Waals surface area contributed by atoms with Crippen LogP contribution in [0, 0.1) is 0 Å². The molecule has 2 saturated heterocycles. The third-order valence-corrected chi connectivity index (χ3v) is 4.47. The summed E-state index contributed by atoms with van der Waals surface area (Å²) in [5, 5.41) is 0. The minimum Gasteiger partial charge on any atom is -0.378 e. The van der Waals surface area contributed by atoms with Crippen molar-refractivity contribution < 1.29 is 19.1 Å². The Balaban J connectivity index is 2.11. The molecule has 0 aromatic carbocycles. The number of hydrogen-bond donors (Lipinski definition) is 0. The second-order valence-electron chi connectivity index (χ2n) is 5.65. The van der Waals surface area contributed by atoms with Crippen molar-refractivity contribution in [3.8, 4) is 0 Å². The van der Waals surface area contributed by atoms with Crippen LogP contribution >= 0.6 is 0 Å². The van der Waals surface area contributed by atoms with Gasteiger partial charge in [-0.2, -0.15) is 0 Å². The summed E-state index contributed by atoms with van der Waals surface area (Å²) in [6, 6.07) is 0. The molecule has 1 aromatic rings. The first kappa shape index (κ1) is 16.0. The number of ether oxygens (including phenoxy) is 2. The summed E-state index contributed by atoms with van der Waals surface area (Å²) in [4.78, 5) is 27.9. The molecule has 0 unspecified atom stereocenters. The molecule has 2 fully saturated rings.